The number of rotatable bonds is 5. The third kappa shape index (κ3) is 2.51. The number of hydrogen-bond donors (Lipinski definition) is 1. The lowest BCUT2D eigenvalue weighted by atomic mass is 9.92. The smallest absolute Gasteiger partial charge is 0.0795 e. The summed E-state index contributed by atoms with van der Waals surface area (Å²) in [6.07, 6.45) is 2.42. The van der Waals surface area contributed by atoms with Gasteiger partial charge in [0.15, 0.2) is 0 Å². The molecule has 0 amide bonds. The summed E-state index contributed by atoms with van der Waals surface area (Å²) in [5.41, 5.74) is 3.10. The average molecular weight is 198 g/mol. The molecule has 13 heavy (non-hydrogen) atoms. The SMILES string of the molecule is CCC(CC)C(NC)c1cscn1. The van der Waals surface area contributed by atoms with Crippen molar-refractivity contribution >= 4 is 11.3 Å². The fraction of sp³-hybridized carbons (Fsp3) is 0.700. The molecule has 1 aromatic rings. The van der Waals surface area contributed by atoms with Crippen LogP contribution in [-0.2, 0) is 0 Å². The molecule has 0 saturated heterocycles. The number of nitrogens with zero attached hydrogens (tertiary/aromatic N) is 1. The predicted octanol–water partition coefficient (Wildman–Crippen LogP) is 2.84. The van der Waals surface area contributed by atoms with Crippen molar-refractivity contribution in [2.75, 3.05) is 7.05 Å². The van der Waals surface area contributed by atoms with Gasteiger partial charge in [0.1, 0.15) is 0 Å². The normalized spacial score (nSPS) is 13.5. The first-order chi connectivity index (χ1) is 6.33. The Morgan fingerprint density at radius 1 is 1.46 bits per heavy atom. The summed E-state index contributed by atoms with van der Waals surface area (Å²) in [5.74, 6) is 0.701. The quantitative estimate of drug-likeness (QED) is 0.787. The summed E-state index contributed by atoms with van der Waals surface area (Å²) >= 11 is 1.67. The van der Waals surface area contributed by atoms with Crippen LogP contribution in [0, 0.1) is 5.92 Å². The number of nitrogens with one attached hydrogen (secondary N) is 1. The van der Waals surface area contributed by atoms with Gasteiger partial charge in [0.2, 0.25) is 0 Å². The minimum atomic E-state index is 0.432. The molecule has 0 aromatic carbocycles. The molecule has 1 unspecified atom stereocenters. The van der Waals surface area contributed by atoms with Crippen molar-refractivity contribution in [3.63, 3.8) is 0 Å². The second-order valence-electron chi connectivity index (χ2n) is 3.26. The second kappa shape index (κ2) is 5.35. The van der Waals surface area contributed by atoms with E-state index in [9.17, 15) is 0 Å². The zero-order chi connectivity index (χ0) is 9.68. The highest BCUT2D eigenvalue weighted by atomic mass is 32.1. The molecule has 1 heterocycles. The van der Waals surface area contributed by atoms with Gasteiger partial charge in [0.25, 0.3) is 0 Å². The van der Waals surface area contributed by atoms with Gasteiger partial charge in [-0.05, 0) is 13.0 Å². The molecule has 0 bridgehead atoms. The zero-order valence-electron chi connectivity index (χ0n) is 8.58. The Morgan fingerprint density at radius 2 is 2.15 bits per heavy atom. The van der Waals surface area contributed by atoms with Crippen LogP contribution < -0.4 is 5.32 Å². The van der Waals surface area contributed by atoms with E-state index in [0.29, 0.717) is 12.0 Å². The van der Waals surface area contributed by atoms with Crippen molar-refractivity contribution in [2.45, 2.75) is 32.7 Å². The molecule has 1 rings (SSSR count). The van der Waals surface area contributed by atoms with Gasteiger partial charge in [-0.1, -0.05) is 26.7 Å². The van der Waals surface area contributed by atoms with Gasteiger partial charge < -0.3 is 5.32 Å². The van der Waals surface area contributed by atoms with E-state index in [1.165, 1.54) is 18.5 Å². The lowest BCUT2D eigenvalue weighted by Gasteiger charge is -2.22. The summed E-state index contributed by atoms with van der Waals surface area (Å²) < 4.78 is 0. The maximum absolute atomic E-state index is 4.36. The van der Waals surface area contributed by atoms with E-state index in [0.717, 1.165) is 0 Å². The maximum atomic E-state index is 4.36. The minimum absolute atomic E-state index is 0.432. The molecule has 2 nitrogen and oxygen atoms in total. The molecular weight excluding hydrogens is 180 g/mol. The van der Waals surface area contributed by atoms with Gasteiger partial charge in [-0.15, -0.1) is 11.3 Å². The molecular formula is C10H18N2S. The first-order valence-electron chi connectivity index (χ1n) is 4.88. The molecule has 3 heteroatoms. The highest BCUT2D eigenvalue weighted by Crippen LogP contribution is 2.26. The predicted molar refractivity (Wildman–Crippen MR) is 58.0 cm³/mol. The van der Waals surface area contributed by atoms with Crippen LogP contribution in [0.5, 0.6) is 0 Å². The van der Waals surface area contributed by atoms with Crippen molar-refractivity contribution in [3.05, 3.63) is 16.6 Å². The average Bonchev–Trinajstić information content (AvgIpc) is 2.66. The summed E-state index contributed by atoms with van der Waals surface area (Å²) in [4.78, 5) is 4.36. The number of hydrogen-bond acceptors (Lipinski definition) is 3. The van der Waals surface area contributed by atoms with Crippen molar-refractivity contribution in [1.82, 2.24) is 10.3 Å². The lowest BCUT2D eigenvalue weighted by molar-refractivity contribution is 0.354. The Bertz CT molecular complexity index is 217. The van der Waals surface area contributed by atoms with Crippen LogP contribution in [0.4, 0.5) is 0 Å². The summed E-state index contributed by atoms with van der Waals surface area (Å²) in [7, 11) is 2.02. The van der Waals surface area contributed by atoms with Crippen LogP contribution in [0.25, 0.3) is 0 Å². The van der Waals surface area contributed by atoms with E-state index in [-0.39, 0.29) is 0 Å². The third-order valence-corrected chi connectivity index (χ3v) is 3.21. The highest BCUT2D eigenvalue weighted by molar-refractivity contribution is 7.07. The van der Waals surface area contributed by atoms with E-state index in [1.807, 2.05) is 12.6 Å². The molecule has 0 fully saturated rings. The number of thiazole rings is 1. The Labute approximate surface area is 84.4 Å². The van der Waals surface area contributed by atoms with Crippen LogP contribution in [0.15, 0.2) is 10.9 Å². The van der Waals surface area contributed by atoms with E-state index < -0.39 is 0 Å². The Balaban J connectivity index is 2.72. The maximum Gasteiger partial charge on any atom is 0.0795 e. The zero-order valence-corrected chi connectivity index (χ0v) is 9.40. The van der Waals surface area contributed by atoms with Crippen LogP contribution >= 0.6 is 11.3 Å². The van der Waals surface area contributed by atoms with Gasteiger partial charge in [-0.25, -0.2) is 4.98 Å². The highest BCUT2D eigenvalue weighted by Gasteiger charge is 2.19. The fourth-order valence-electron chi connectivity index (χ4n) is 1.76. The Morgan fingerprint density at radius 3 is 2.54 bits per heavy atom. The molecule has 0 aliphatic rings. The van der Waals surface area contributed by atoms with Crippen molar-refractivity contribution in [2.24, 2.45) is 5.92 Å². The van der Waals surface area contributed by atoms with Crippen molar-refractivity contribution in [3.8, 4) is 0 Å². The largest absolute Gasteiger partial charge is 0.311 e. The van der Waals surface area contributed by atoms with Crippen LogP contribution in [0.1, 0.15) is 38.4 Å². The van der Waals surface area contributed by atoms with Crippen molar-refractivity contribution in [1.29, 1.82) is 0 Å². The molecule has 0 aliphatic carbocycles. The first kappa shape index (κ1) is 10.7. The first-order valence-corrected chi connectivity index (χ1v) is 5.83. The van der Waals surface area contributed by atoms with E-state index in [4.69, 9.17) is 0 Å². The topological polar surface area (TPSA) is 24.9 Å². The standard InChI is InChI=1S/C10H18N2S/c1-4-8(5-2)10(11-3)9-6-13-7-12-9/h6-8,10-11H,4-5H2,1-3H3. The number of aromatic nitrogens is 1. The van der Waals surface area contributed by atoms with E-state index >= 15 is 0 Å². The van der Waals surface area contributed by atoms with Gasteiger partial charge in [-0.2, -0.15) is 0 Å². The van der Waals surface area contributed by atoms with Gasteiger partial charge in [-0.3, -0.25) is 0 Å². The summed E-state index contributed by atoms with van der Waals surface area (Å²) in [6, 6.07) is 0.432. The van der Waals surface area contributed by atoms with Crippen LogP contribution in [0.2, 0.25) is 0 Å². The molecule has 1 aromatic heterocycles. The lowest BCUT2D eigenvalue weighted by Crippen LogP contribution is -2.24. The molecule has 1 atom stereocenters. The minimum Gasteiger partial charge on any atom is -0.311 e. The fourth-order valence-corrected chi connectivity index (χ4v) is 2.35. The van der Waals surface area contributed by atoms with E-state index in [1.54, 1.807) is 11.3 Å². The summed E-state index contributed by atoms with van der Waals surface area (Å²) in [5, 5.41) is 5.49. The van der Waals surface area contributed by atoms with E-state index in [2.05, 4.69) is 29.5 Å². The molecule has 0 spiro atoms. The Hall–Kier alpha value is -0.410. The Kier molecular flexibility index (Phi) is 4.39. The van der Waals surface area contributed by atoms with Crippen molar-refractivity contribution < 1.29 is 0 Å². The molecule has 0 saturated carbocycles. The third-order valence-electron chi connectivity index (χ3n) is 2.60. The van der Waals surface area contributed by atoms with Gasteiger partial charge >= 0.3 is 0 Å². The monoisotopic (exact) mass is 198 g/mol. The van der Waals surface area contributed by atoms with Crippen LogP contribution in [-0.4, -0.2) is 12.0 Å². The summed E-state index contributed by atoms with van der Waals surface area (Å²) in [6.45, 7) is 4.48. The molecule has 0 aliphatic heterocycles. The van der Waals surface area contributed by atoms with Gasteiger partial charge in [0, 0.05) is 5.38 Å². The molecule has 1 N–H and O–H groups in total. The second-order valence-corrected chi connectivity index (χ2v) is 3.97. The van der Waals surface area contributed by atoms with Gasteiger partial charge in [0.05, 0.1) is 17.2 Å². The molecule has 74 valence electrons. The molecule has 0 radical (unpaired) electrons. The van der Waals surface area contributed by atoms with Crippen LogP contribution in [0.3, 0.4) is 0 Å².